The third-order valence-electron chi connectivity index (χ3n) is 5.34. The summed E-state index contributed by atoms with van der Waals surface area (Å²) in [6.07, 6.45) is 1.72. The molecular weight excluding hydrogens is 366 g/mol. The third kappa shape index (κ3) is 3.64. The fraction of sp³-hybridized carbons (Fsp3) is 0.409. The van der Waals surface area contributed by atoms with E-state index in [2.05, 4.69) is 41.8 Å². The minimum absolute atomic E-state index is 0.0288. The van der Waals surface area contributed by atoms with Gasteiger partial charge in [0.25, 0.3) is 5.91 Å². The fourth-order valence-corrected chi connectivity index (χ4v) is 3.76. The van der Waals surface area contributed by atoms with Crippen LogP contribution in [0.15, 0.2) is 42.6 Å². The third-order valence-corrected chi connectivity index (χ3v) is 5.34. The van der Waals surface area contributed by atoms with Crippen molar-refractivity contribution in [1.29, 1.82) is 0 Å². The van der Waals surface area contributed by atoms with E-state index in [0.717, 1.165) is 30.2 Å². The van der Waals surface area contributed by atoms with Crippen LogP contribution < -0.4 is 9.64 Å². The number of amides is 1. The van der Waals surface area contributed by atoms with Crippen molar-refractivity contribution in [2.24, 2.45) is 0 Å². The van der Waals surface area contributed by atoms with Gasteiger partial charge in [0.2, 0.25) is 0 Å². The van der Waals surface area contributed by atoms with Crippen molar-refractivity contribution in [3.05, 3.63) is 54.0 Å². The minimum atomic E-state index is -0.148. The van der Waals surface area contributed by atoms with Gasteiger partial charge in [-0.15, -0.1) is 0 Å². The molecule has 1 aliphatic heterocycles. The average Bonchev–Trinajstić information content (AvgIpc) is 3.20. The number of para-hydroxylation sites is 2. The van der Waals surface area contributed by atoms with Crippen LogP contribution in [0.2, 0.25) is 0 Å². The van der Waals surface area contributed by atoms with E-state index in [0.29, 0.717) is 24.4 Å². The van der Waals surface area contributed by atoms with Gasteiger partial charge in [0.1, 0.15) is 11.4 Å². The van der Waals surface area contributed by atoms with Crippen LogP contribution in [0.25, 0.3) is 5.65 Å². The maximum atomic E-state index is 13.2. The number of nitrogens with zero attached hydrogens (tertiary/aromatic N) is 5. The summed E-state index contributed by atoms with van der Waals surface area (Å²) in [7, 11) is 1.68. The molecule has 0 saturated carbocycles. The molecule has 0 atom stereocenters. The molecule has 1 fully saturated rings. The second-order valence-corrected chi connectivity index (χ2v) is 8.33. The molecule has 0 spiro atoms. The maximum absolute atomic E-state index is 13.2. The van der Waals surface area contributed by atoms with Crippen LogP contribution in [0.4, 0.5) is 5.69 Å². The summed E-state index contributed by atoms with van der Waals surface area (Å²) in [4.78, 5) is 21.9. The standard InChI is InChI=1S/C22H27N5O2/c1-22(2,3)19-15-16(24-20-9-10-23-27(19)20)21(28)26-13-11-25(12-14-26)17-7-5-6-8-18(17)29-4/h5-10,15H,11-14H2,1-4H3. The number of methoxy groups -OCH3 is 1. The van der Waals surface area contributed by atoms with Crippen molar-refractivity contribution in [3.8, 4) is 5.75 Å². The van der Waals surface area contributed by atoms with E-state index < -0.39 is 0 Å². The van der Waals surface area contributed by atoms with E-state index in [1.165, 1.54) is 0 Å². The molecule has 29 heavy (non-hydrogen) atoms. The number of carbonyl (C=O) groups is 1. The highest BCUT2D eigenvalue weighted by molar-refractivity contribution is 5.93. The zero-order valence-electron chi connectivity index (χ0n) is 17.4. The highest BCUT2D eigenvalue weighted by Gasteiger charge is 2.27. The van der Waals surface area contributed by atoms with E-state index >= 15 is 0 Å². The molecule has 0 N–H and O–H groups in total. The van der Waals surface area contributed by atoms with Gasteiger partial charge in [0.15, 0.2) is 5.65 Å². The molecule has 0 bridgehead atoms. The predicted octanol–water partition coefficient (Wildman–Crippen LogP) is 3.00. The molecule has 2 aromatic heterocycles. The number of anilines is 1. The van der Waals surface area contributed by atoms with Gasteiger partial charge in [0, 0.05) is 37.7 Å². The summed E-state index contributed by atoms with van der Waals surface area (Å²) in [5, 5.41) is 4.37. The first-order valence-corrected chi connectivity index (χ1v) is 9.91. The molecule has 0 radical (unpaired) electrons. The molecule has 0 aliphatic carbocycles. The van der Waals surface area contributed by atoms with Crippen LogP contribution in [0.1, 0.15) is 37.0 Å². The van der Waals surface area contributed by atoms with Crippen LogP contribution in [0, 0.1) is 0 Å². The van der Waals surface area contributed by atoms with E-state index in [1.807, 2.05) is 39.7 Å². The van der Waals surface area contributed by atoms with Crippen LogP contribution in [0.3, 0.4) is 0 Å². The number of piperazine rings is 1. The Balaban J connectivity index is 1.54. The quantitative estimate of drug-likeness (QED) is 0.685. The molecule has 0 unspecified atom stereocenters. The Morgan fingerprint density at radius 3 is 2.48 bits per heavy atom. The lowest BCUT2D eigenvalue weighted by atomic mass is 9.91. The molecule has 7 nitrogen and oxygen atoms in total. The first kappa shape index (κ1) is 19.2. The number of rotatable bonds is 3. The van der Waals surface area contributed by atoms with E-state index in [-0.39, 0.29) is 11.3 Å². The van der Waals surface area contributed by atoms with Crippen molar-refractivity contribution in [2.45, 2.75) is 26.2 Å². The summed E-state index contributed by atoms with van der Waals surface area (Å²) in [6.45, 7) is 9.15. The van der Waals surface area contributed by atoms with Crippen molar-refractivity contribution >= 4 is 17.2 Å². The Morgan fingerprint density at radius 1 is 1.07 bits per heavy atom. The zero-order chi connectivity index (χ0) is 20.6. The molecule has 3 aromatic rings. The Bertz CT molecular complexity index is 1030. The molecule has 1 aliphatic rings. The van der Waals surface area contributed by atoms with Crippen molar-refractivity contribution < 1.29 is 9.53 Å². The molecular formula is C22H27N5O2. The first-order chi connectivity index (χ1) is 13.9. The molecule has 152 valence electrons. The lowest BCUT2D eigenvalue weighted by Crippen LogP contribution is -2.49. The number of fused-ring (bicyclic) bond motifs is 1. The van der Waals surface area contributed by atoms with E-state index in [4.69, 9.17) is 4.74 Å². The Hall–Kier alpha value is -3.09. The van der Waals surface area contributed by atoms with Gasteiger partial charge in [-0.25, -0.2) is 9.50 Å². The van der Waals surface area contributed by atoms with E-state index in [1.54, 1.807) is 13.3 Å². The van der Waals surface area contributed by atoms with Crippen LogP contribution in [-0.2, 0) is 5.41 Å². The van der Waals surface area contributed by atoms with Crippen molar-refractivity contribution in [3.63, 3.8) is 0 Å². The molecule has 3 heterocycles. The molecule has 7 heteroatoms. The van der Waals surface area contributed by atoms with Gasteiger partial charge in [-0.1, -0.05) is 32.9 Å². The Kier molecular flexibility index (Phi) is 4.90. The molecule has 1 aromatic carbocycles. The number of hydrogen-bond acceptors (Lipinski definition) is 5. The summed E-state index contributed by atoms with van der Waals surface area (Å²) >= 11 is 0. The van der Waals surface area contributed by atoms with Gasteiger partial charge in [-0.05, 0) is 18.2 Å². The number of carbonyl (C=O) groups excluding carboxylic acids is 1. The van der Waals surface area contributed by atoms with E-state index in [9.17, 15) is 4.79 Å². The Morgan fingerprint density at radius 2 is 1.79 bits per heavy atom. The van der Waals surface area contributed by atoms with Gasteiger partial charge < -0.3 is 14.5 Å². The fourth-order valence-electron chi connectivity index (χ4n) is 3.76. The van der Waals surface area contributed by atoms with Crippen molar-refractivity contribution in [2.75, 3.05) is 38.2 Å². The summed E-state index contributed by atoms with van der Waals surface area (Å²) in [5.41, 5.74) is 3.08. The normalized spacial score (nSPS) is 15.0. The second-order valence-electron chi connectivity index (χ2n) is 8.33. The van der Waals surface area contributed by atoms with Gasteiger partial charge in [-0.2, -0.15) is 5.10 Å². The smallest absolute Gasteiger partial charge is 0.272 e. The SMILES string of the molecule is COc1ccccc1N1CCN(C(=O)c2cc(C(C)(C)C)n3nccc3n2)CC1. The van der Waals surface area contributed by atoms with Crippen LogP contribution >= 0.6 is 0 Å². The Labute approximate surface area is 170 Å². The lowest BCUT2D eigenvalue weighted by Gasteiger charge is -2.36. The molecule has 1 amide bonds. The predicted molar refractivity (Wildman–Crippen MR) is 113 cm³/mol. The number of hydrogen-bond donors (Lipinski definition) is 0. The number of aromatic nitrogens is 3. The minimum Gasteiger partial charge on any atom is -0.495 e. The number of benzene rings is 1. The highest BCUT2D eigenvalue weighted by Crippen LogP contribution is 2.29. The van der Waals surface area contributed by atoms with Gasteiger partial charge >= 0.3 is 0 Å². The van der Waals surface area contributed by atoms with Crippen LogP contribution in [0.5, 0.6) is 5.75 Å². The highest BCUT2D eigenvalue weighted by atomic mass is 16.5. The van der Waals surface area contributed by atoms with Gasteiger partial charge in [0.05, 0.1) is 24.7 Å². The largest absolute Gasteiger partial charge is 0.495 e. The molecule has 4 rings (SSSR count). The average molecular weight is 393 g/mol. The monoisotopic (exact) mass is 393 g/mol. The summed E-state index contributed by atoms with van der Waals surface area (Å²) in [5.74, 6) is 0.828. The topological polar surface area (TPSA) is 63.0 Å². The lowest BCUT2D eigenvalue weighted by molar-refractivity contribution is 0.0740. The van der Waals surface area contributed by atoms with Crippen LogP contribution in [-0.4, -0.2) is 58.7 Å². The second kappa shape index (κ2) is 7.39. The zero-order valence-corrected chi connectivity index (χ0v) is 17.4. The first-order valence-electron chi connectivity index (χ1n) is 9.91. The maximum Gasteiger partial charge on any atom is 0.272 e. The molecule has 1 saturated heterocycles. The summed E-state index contributed by atoms with van der Waals surface area (Å²) in [6, 6.07) is 11.7. The van der Waals surface area contributed by atoms with Crippen molar-refractivity contribution in [1.82, 2.24) is 19.5 Å². The summed E-state index contributed by atoms with van der Waals surface area (Å²) < 4.78 is 7.30. The van der Waals surface area contributed by atoms with Gasteiger partial charge in [-0.3, -0.25) is 4.79 Å². The number of ether oxygens (including phenoxy) is 1.